The van der Waals surface area contributed by atoms with Crippen molar-refractivity contribution in [2.45, 2.75) is 6.18 Å². The second-order valence-electron chi connectivity index (χ2n) is 5.40. The van der Waals surface area contributed by atoms with Crippen LogP contribution in [0.2, 0.25) is 5.02 Å². The Labute approximate surface area is 161 Å². The molecule has 0 bridgehead atoms. The molecule has 0 saturated heterocycles. The first-order valence-electron chi connectivity index (χ1n) is 7.45. The summed E-state index contributed by atoms with van der Waals surface area (Å²) >= 11 is 5.75. The number of carbonyl (C=O) groups is 1. The summed E-state index contributed by atoms with van der Waals surface area (Å²) < 4.78 is 38.3. The van der Waals surface area contributed by atoms with Crippen LogP contribution in [-0.4, -0.2) is 16.8 Å². The van der Waals surface area contributed by atoms with Crippen molar-refractivity contribution in [2.75, 3.05) is 0 Å². The number of nitrogens with one attached hydrogen (secondary N) is 1. The van der Waals surface area contributed by atoms with Gasteiger partial charge in [0, 0.05) is 16.7 Å². The zero-order valence-corrected chi connectivity index (χ0v) is 14.7. The molecular formula is C17H12ClF3N4O3. The number of halogens is 4. The van der Waals surface area contributed by atoms with Crippen molar-refractivity contribution in [1.29, 1.82) is 0 Å². The van der Waals surface area contributed by atoms with Crippen LogP contribution in [0.5, 0.6) is 0 Å². The monoisotopic (exact) mass is 412 g/mol. The van der Waals surface area contributed by atoms with E-state index in [1.165, 1.54) is 18.2 Å². The summed E-state index contributed by atoms with van der Waals surface area (Å²) in [4.78, 5) is 26.2. The number of aliphatic imine (C=N–C) groups is 1. The topological polar surface area (TPSA) is 111 Å². The van der Waals surface area contributed by atoms with Gasteiger partial charge in [-0.2, -0.15) is 13.2 Å². The minimum atomic E-state index is -4.55. The van der Waals surface area contributed by atoms with Crippen LogP contribution in [0.4, 0.5) is 18.9 Å². The molecule has 0 atom stereocenters. The van der Waals surface area contributed by atoms with Gasteiger partial charge in [0.2, 0.25) is 5.96 Å². The number of carbonyl (C=O) groups excluding carboxylic acids is 1. The summed E-state index contributed by atoms with van der Waals surface area (Å²) in [5, 5.41) is 13.2. The summed E-state index contributed by atoms with van der Waals surface area (Å²) in [6.07, 6.45) is -4.55. The largest absolute Gasteiger partial charge is 0.416 e. The molecule has 2 aromatic rings. The van der Waals surface area contributed by atoms with Gasteiger partial charge in [-0.25, -0.2) is 4.99 Å². The lowest BCUT2D eigenvalue weighted by molar-refractivity contribution is -0.385. The fraction of sp³-hybridized carbons (Fsp3) is 0.0588. The maximum absolute atomic E-state index is 12.8. The predicted molar refractivity (Wildman–Crippen MR) is 97.7 cm³/mol. The van der Waals surface area contributed by atoms with Crippen molar-refractivity contribution in [1.82, 2.24) is 5.32 Å². The molecule has 0 saturated carbocycles. The van der Waals surface area contributed by atoms with Crippen LogP contribution >= 0.6 is 11.6 Å². The van der Waals surface area contributed by atoms with Crippen LogP contribution < -0.4 is 11.1 Å². The van der Waals surface area contributed by atoms with E-state index in [1.54, 1.807) is 0 Å². The lowest BCUT2D eigenvalue weighted by atomic mass is 10.1. The normalized spacial score (nSPS) is 11.8. The number of benzene rings is 2. The Morgan fingerprint density at radius 2 is 1.93 bits per heavy atom. The van der Waals surface area contributed by atoms with Crippen LogP contribution in [0, 0.1) is 10.1 Å². The van der Waals surface area contributed by atoms with E-state index in [-0.39, 0.29) is 21.8 Å². The molecule has 28 heavy (non-hydrogen) atoms. The molecule has 3 N–H and O–H groups in total. The lowest BCUT2D eigenvalue weighted by Gasteiger charge is -2.09. The van der Waals surface area contributed by atoms with Crippen LogP contribution in [-0.2, 0) is 6.18 Å². The molecule has 2 rings (SSSR count). The summed E-state index contributed by atoms with van der Waals surface area (Å²) in [6, 6.07) is 7.56. The minimum absolute atomic E-state index is 0.0285. The standard InChI is InChI=1S/C17H12ClF3N4O3/c1-9(10-3-2-4-11(7-10)17(19,20)21)23-16(22)24-15(26)13-8-12(18)5-6-14(13)25(27)28/h2-8H,1H2,(H3,22,23,24,26). The molecule has 0 fully saturated rings. The van der Waals surface area contributed by atoms with Gasteiger partial charge >= 0.3 is 6.18 Å². The first kappa shape index (κ1) is 20.9. The highest BCUT2D eigenvalue weighted by atomic mass is 35.5. The lowest BCUT2D eigenvalue weighted by Crippen LogP contribution is -2.37. The Bertz CT molecular complexity index is 990. The second kappa shape index (κ2) is 8.09. The van der Waals surface area contributed by atoms with E-state index < -0.39 is 34.2 Å². The Morgan fingerprint density at radius 3 is 2.54 bits per heavy atom. The van der Waals surface area contributed by atoms with Crippen LogP contribution in [0.3, 0.4) is 0 Å². The SMILES string of the molecule is C=C(N=C(N)NC(=O)c1cc(Cl)ccc1[N+](=O)[O-])c1cccc(C(F)(F)F)c1. The van der Waals surface area contributed by atoms with Gasteiger partial charge in [-0.05, 0) is 24.3 Å². The molecule has 0 unspecified atom stereocenters. The van der Waals surface area contributed by atoms with Crippen molar-refractivity contribution in [3.8, 4) is 0 Å². The van der Waals surface area contributed by atoms with Gasteiger partial charge < -0.3 is 5.73 Å². The fourth-order valence-electron chi connectivity index (χ4n) is 2.15. The Hall–Kier alpha value is -3.40. The Kier molecular flexibility index (Phi) is 6.04. The maximum atomic E-state index is 12.8. The van der Waals surface area contributed by atoms with Crippen LogP contribution in [0.15, 0.2) is 54.0 Å². The number of alkyl halides is 3. The molecule has 0 radical (unpaired) electrons. The number of rotatable bonds is 4. The van der Waals surface area contributed by atoms with Crippen LogP contribution in [0.1, 0.15) is 21.5 Å². The van der Waals surface area contributed by atoms with Gasteiger partial charge in [-0.3, -0.25) is 20.2 Å². The summed E-state index contributed by atoms with van der Waals surface area (Å²) in [5.41, 5.74) is 3.68. The predicted octanol–water partition coefficient (Wildman–Crippen LogP) is 3.98. The fourth-order valence-corrected chi connectivity index (χ4v) is 2.32. The number of guanidine groups is 1. The summed E-state index contributed by atoms with van der Waals surface area (Å²) in [7, 11) is 0. The van der Waals surface area contributed by atoms with E-state index in [1.807, 2.05) is 0 Å². The highest BCUT2D eigenvalue weighted by Crippen LogP contribution is 2.31. The van der Waals surface area contributed by atoms with Crippen molar-refractivity contribution in [2.24, 2.45) is 10.7 Å². The first-order chi connectivity index (χ1) is 13.0. The third kappa shape index (κ3) is 5.07. The molecule has 146 valence electrons. The molecule has 0 aliphatic rings. The third-order valence-electron chi connectivity index (χ3n) is 3.42. The van der Waals surface area contributed by atoms with Gasteiger partial charge in [0.05, 0.1) is 16.2 Å². The third-order valence-corrected chi connectivity index (χ3v) is 3.66. The molecular weight excluding hydrogens is 401 g/mol. The molecule has 0 aliphatic heterocycles. The highest BCUT2D eigenvalue weighted by molar-refractivity contribution is 6.31. The van der Waals surface area contributed by atoms with Gasteiger partial charge in [-0.15, -0.1) is 0 Å². The quantitative estimate of drug-likeness (QED) is 0.342. The average molecular weight is 413 g/mol. The number of nitro groups is 1. The van der Waals surface area contributed by atoms with E-state index in [0.29, 0.717) is 0 Å². The first-order valence-corrected chi connectivity index (χ1v) is 7.83. The van der Waals surface area contributed by atoms with Gasteiger partial charge in [-0.1, -0.05) is 30.3 Å². The molecule has 0 spiro atoms. The molecule has 2 aromatic carbocycles. The van der Waals surface area contributed by atoms with Crippen molar-refractivity contribution in [3.05, 3.63) is 80.9 Å². The van der Waals surface area contributed by atoms with Crippen LogP contribution in [0.25, 0.3) is 5.70 Å². The van der Waals surface area contributed by atoms with E-state index in [9.17, 15) is 28.1 Å². The van der Waals surface area contributed by atoms with Crippen molar-refractivity contribution in [3.63, 3.8) is 0 Å². The summed E-state index contributed by atoms with van der Waals surface area (Å²) in [5.74, 6) is -1.48. The van der Waals surface area contributed by atoms with Gasteiger partial charge in [0.25, 0.3) is 11.6 Å². The number of hydrogen-bond donors (Lipinski definition) is 2. The Morgan fingerprint density at radius 1 is 1.25 bits per heavy atom. The zero-order chi connectivity index (χ0) is 21.1. The molecule has 1 amide bonds. The number of nitro benzene ring substituents is 1. The van der Waals surface area contributed by atoms with Gasteiger partial charge in [0.15, 0.2) is 0 Å². The van der Waals surface area contributed by atoms with Crippen molar-refractivity contribution < 1.29 is 22.9 Å². The average Bonchev–Trinajstić information content (AvgIpc) is 2.60. The van der Waals surface area contributed by atoms with E-state index >= 15 is 0 Å². The van der Waals surface area contributed by atoms with E-state index in [0.717, 1.165) is 24.3 Å². The molecule has 7 nitrogen and oxygen atoms in total. The number of nitrogens with zero attached hydrogens (tertiary/aromatic N) is 2. The Balaban J connectivity index is 2.23. The molecule has 0 aliphatic carbocycles. The second-order valence-corrected chi connectivity index (χ2v) is 5.83. The molecule has 0 heterocycles. The number of hydrogen-bond acceptors (Lipinski definition) is 4. The zero-order valence-electron chi connectivity index (χ0n) is 14.0. The summed E-state index contributed by atoms with van der Waals surface area (Å²) in [6.45, 7) is 3.51. The smallest absolute Gasteiger partial charge is 0.369 e. The number of amides is 1. The molecule has 11 heteroatoms. The maximum Gasteiger partial charge on any atom is 0.416 e. The number of nitrogens with two attached hydrogens (primary N) is 1. The van der Waals surface area contributed by atoms with Crippen molar-refractivity contribution >= 4 is 34.9 Å². The highest BCUT2D eigenvalue weighted by Gasteiger charge is 2.30. The van der Waals surface area contributed by atoms with Gasteiger partial charge in [0.1, 0.15) is 5.56 Å². The van der Waals surface area contributed by atoms with E-state index in [4.69, 9.17) is 17.3 Å². The minimum Gasteiger partial charge on any atom is -0.369 e. The molecule has 0 aromatic heterocycles. The van der Waals surface area contributed by atoms with E-state index in [2.05, 4.69) is 16.9 Å².